The van der Waals surface area contributed by atoms with Crippen LogP contribution in [0.2, 0.25) is 0 Å². The molecule has 0 unspecified atom stereocenters. The number of nitriles is 1. The van der Waals surface area contributed by atoms with Gasteiger partial charge in [-0.1, -0.05) is 19.1 Å². The van der Waals surface area contributed by atoms with Crippen molar-refractivity contribution in [2.75, 3.05) is 7.05 Å². The maximum atomic E-state index is 12.5. The number of aryl methyl sites for hydroxylation is 2. The van der Waals surface area contributed by atoms with E-state index in [0.717, 1.165) is 17.7 Å². The fourth-order valence-electron chi connectivity index (χ4n) is 2.18. The van der Waals surface area contributed by atoms with Gasteiger partial charge in [0.05, 0.1) is 17.3 Å². The first-order valence-corrected chi connectivity index (χ1v) is 6.82. The highest BCUT2D eigenvalue weighted by Gasteiger charge is 2.17. The first-order valence-electron chi connectivity index (χ1n) is 6.82. The number of hydrogen-bond acceptors (Lipinski definition) is 3. The normalized spacial score (nSPS) is 10.2. The van der Waals surface area contributed by atoms with Gasteiger partial charge in [0.25, 0.3) is 5.91 Å². The maximum absolute atomic E-state index is 12.5. The molecule has 0 spiro atoms. The van der Waals surface area contributed by atoms with Crippen molar-refractivity contribution in [2.24, 2.45) is 7.05 Å². The monoisotopic (exact) mass is 282 g/mol. The highest BCUT2D eigenvalue weighted by atomic mass is 16.2. The number of carbonyl (C=O) groups is 1. The summed E-state index contributed by atoms with van der Waals surface area (Å²) in [6.07, 6.45) is 0.801. The van der Waals surface area contributed by atoms with Crippen molar-refractivity contribution in [1.82, 2.24) is 14.7 Å². The maximum Gasteiger partial charge on any atom is 0.272 e. The van der Waals surface area contributed by atoms with E-state index in [1.54, 1.807) is 35.8 Å². The number of amides is 1. The number of rotatable bonds is 4. The third kappa shape index (κ3) is 3.29. The van der Waals surface area contributed by atoms with Gasteiger partial charge in [-0.25, -0.2) is 0 Å². The first-order chi connectivity index (χ1) is 10.0. The highest BCUT2D eigenvalue weighted by Crippen LogP contribution is 2.11. The molecule has 0 atom stereocenters. The summed E-state index contributed by atoms with van der Waals surface area (Å²) in [5.74, 6) is -0.0768. The second-order valence-corrected chi connectivity index (χ2v) is 4.97. The van der Waals surface area contributed by atoms with Crippen molar-refractivity contribution in [1.29, 1.82) is 5.26 Å². The third-order valence-corrected chi connectivity index (χ3v) is 3.33. The highest BCUT2D eigenvalue weighted by molar-refractivity contribution is 5.92. The molecule has 5 heteroatoms. The summed E-state index contributed by atoms with van der Waals surface area (Å²) in [7, 11) is 3.52. The summed E-state index contributed by atoms with van der Waals surface area (Å²) < 4.78 is 1.61. The van der Waals surface area contributed by atoms with Gasteiger partial charge in [-0.3, -0.25) is 9.48 Å². The molecule has 2 rings (SSSR count). The molecule has 1 amide bonds. The van der Waals surface area contributed by atoms with Gasteiger partial charge in [0.15, 0.2) is 0 Å². The Balaban J connectivity index is 2.15. The van der Waals surface area contributed by atoms with Crippen LogP contribution in [0.5, 0.6) is 0 Å². The average molecular weight is 282 g/mol. The van der Waals surface area contributed by atoms with E-state index >= 15 is 0 Å². The molecule has 108 valence electrons. The predicted octanol–water partition coefficient (Wildman–Crippen LogP) is 2.13. The van der Waals surface area contributed by atoms with Gasteiger partial charge in [0, 0.05) is 20.6 Å². The van der Waals surface area contributed by atoms with Crippen LogP contribution in [0.1, 0.15) is 34.2 Å². The van der Waals surface area contributed by atoms with Gasteiger partial charge in [-0.2, -0.15) is 10.4 Å². The molecule has 0 fully saturated rings. The Kier molecular flexibility index (Phi) is 4.39. The standard InChI is InChI=1S/C16H18N4O/c1-4-14-9-15(20(3)18-14)16(21)19(2)11-13-7-5-6-12(8-13)10-17/h5-9H,4,11H2,1-3H3. The molecule has 0 bridgehead atoms. The van der Waals surface area contributed by atoms with E-state index in [2.05, 4.69) is 11.2 Å². The Morgan fingerprint density at radius 1 is 1.43 bits per heavy atom. The fourth-order valence-corrected chi connectivity index (χ4v) is 2.18. The van der Waals surface area contributed by atoms with Crippen LogP contribution in [-0.2, 0) is 20.0 Å². The van der Waals surface area contributed by atoms with E-state index in [4.69, 9.17) is 5.26 Å². The molecular formula is C16H18N4O. The minimum Gasteiger partial charge on any atom is -0.336 e. The molecule has 0 radical (unpaired) electrons. The van der Waals surface area contributed by atoms with Crippen molar-refractivity contribution in [3.63, 3.8) is 0 Å². The van der Waals surface area contributed by atoms with Crippen molar-refractivity contribution in [3.8, 4) is 6.07 Å². The lowest BCUT2D eigenvalue weighted by atomic mass is 10.1. The Morgan fingerprint density at radius 2 is 2.19 bits per heavy atom. The van der Waals surface area contributed by atoms with Gasteiger partial charge in [0.1, 0.15) is 5.69 Å². The number of nitrogens with zero attached hydrogens (tertiary/aromatic N) is 4. The van der Waals surface area contributed by atoms with Crippen LogP contribution in [0.15, 0.2) is 30.3 Å². The lowest BCUT2D eigenvalue weighted by Crippen LogP contribution is -2.28. The fraction of sp³-hybridized carbons (Fsp3) is 0.312. The largest absolute Gasteiger partial charge is 0.336 e. The zero-order chi connectivity index (χ0) is 15.4. The van der Waals surface area contributed by atoms with Crippen LogP contribution in [-0.4, -0.2) is 27.6 Å². The summed E-state index contributed by atoms with van der Waals surface area (Å²) in [5.41, 5.74) is 3.01. The van der Waals surface area contributed by atoms with Crippen LogP contribution < -0.4 is 0 Å². The van der Waals surface area contributed by atoms with Gasteiger partial charge in [0.2, 0.25) is 0 Å². The topological polar surface area (TPSA) is 61.9 Å². The number of benzene rings is 1. The Bertz CT molecular complexity index is 697. The molecule has 1 aromatic carbocycles. The summed E-state index contributed by atoms with van der Waals surface area (Å²) in [5, 5.41) is 13.2. The molecule has 1 aromatic heterocycles. The summed E-state index contributed by atoms with van der Waals surface area (Å²) in [6.45, 7) is 2.47. The van der Waals surface area contributed by atoms with Crippen molar-refractivity contribution >= 4 is 5.91 Å². The zero-order valence-corrected chi connectivity index (χ0v) is 12.5. The molecule has 0 aliphatic rings. The van der Waals surface area contributed by atoms with Crippen LogP contribution >= 0.6 is 0 Å². The molecule has 21 heavy (non-hydrogen) atoms. The SMILES string of the molecule is CCc1cc(C(=O)N(C)Cc2cccc(C#N)c2)n(C)n1. The van der Waals surface area contributed by atoms with Crippen LogP contribution in [0.3, 0.4) is 0 Å². The molecule has 0 saturated carbocycles. The lowest BCUT2D eigenvalue weighted by molar-refractivity contribution is 0.0774. The quantitative estimate of drug-likeness (QED) is 0.863. The minimum atomic E-state index is -0.0768. The second kappa shape index (κ2) is 6.23. The zero-order valence-electron chi connectivity index (χ0n) is 12.5. The third-order valence-electron chi connectivity index (χ3n) is 3.33. The predicted molar refractivity (Wildman–Crippen MR) is 79.5 cm³/mol. The molecule has 0 aliphatic carbocycles. The van der Waals surface area contributed by atoms with E-state index in [0.29, 0.717) is 17.8 Å². The Morgan fingerprint density at radius 3 is 2.81 bits per heavy atom. The van der Waals surface area contributed by atoms with Crippen LogP contribution in [0, 0.1) is 11.3 Å². The number of hydrogen-bond donors (Lipinski definition) is 0. The van der Waals surface area contributed by atoms with E-state index in [1.165, 1.54) is 0 Å². The first kappa shape index (κ1) is 14.8. The van der Waals surface area contributed by atoms with E-state index in [9.17, 15) is 4.79 Å². The Labute approximate surface area is 124 Å². The molecule has 0 N–H and O–H groups in total. The molecule has 0 saturated heterocycles. The molecule has 0 aliphatic heterocycles. The smallest absolute Gasteiger partial charge is 0.272 e. The molecule has 2 aromatic rings. The summed E-state index contributed by atoms with van der Waals surface area (Å²) in [6, 6.07) is 11.2. The number of aromatic nitrogens is 2. The lowest BCUT2D eigenvalue weighted by Gasteiger charge is -2.17. The van der Waals surface area contributed by atoms with Gasteiger partial charge in [-0.05, 0) is 30.2 Å². The van der Waals surface area contributed by atoms with E-state index < -0.39 is 0 Å². The van der Waals surface area contributed by atoms with Gasteiger partial charge < -0.3 is 4.90 Å². The van der Waals surface area contributed by atoms with Crippen molar-refractivity contribution < 1.29 is 4.79 Å². The van der Waals surface area contributed by atoms with Gasteiger partial charge in [-0.15, -0.1) is 0 Å². The van der Waals surface area contributed by atoms with Crippen molar-refractivity contribution in [2.45, 2.75) is 19.9 Å². The second-order valence-electron chi connectivity index (χ2n) is 4.97. The molecule has 1 heterocycles. The minimum absolute atomic E-state index is 0.0768. The number of carbonyl (C=O) groups excluding carboxylic acids is 1. The van der Waals surface area contributed by atoms with Gasteiger partial charge >= 0.3 is 0 Å². The van der Waals surface area contributed by atoms with E-state index in [-0.39, 0.29) is 5.91 Å². The van der Waals surface area contributed by atoms with Crippen LogP contribution in [0.25, 0.3) is 0 Å². The Hall–Kier alpha value is -2.61. The molecular weight excluding hydrogens is 264 g/mol. The van der Waals surface area contributed by atoms with Crippen LogP contribution in [0.4, 0.5) is 0 Å². The van der Waals surface area contributed by atoms with Crippen molar-refractivity contribution in [3.05, 3.63) is 52.8 Å². The van der Waals surface area contributed by atoms with E-state index in [1.807, 2.05) is 25.1 Å². The summed E-state index contributed by atoms with van der Waals surface area (Å²) >= 11 is 0. The average Bonchev–Trinajstić information content (AvgIpc) is 2.87. The molecule has 5 nitrogen and oxygen atoms in total. The summed E-state index contributed by atoms with van der Waals surface area (Å²) in [4.78, 5) is 14.1.